The molecule has 2 aromatic rings. The molecule has 1 atom stereocenters. The second-order valence-corrected chi connectivity index (χ2v) is 7.40. The summed E-state index contributed by atoms with van der Waals surface area (Å²) in [5, 5.41) is 13.0. The SMILES string of the molecule is CCCCSc1nnc2c(n1)OC(c1ccccc1)NC1=C2CCC=C1. The van der Waals surface area contributed by atoms with Gasteiger partial charge in [0.15, 0.2) is 11.9 Å². The van der Waals surface area contributed by atoms with Crippen molar-refractivity contribution in [3.8, 4) is 5.88 Å². The highest BCUT2D eigenvalue weighted by Crippen LogP contribution is 2.37. The molecule has 5 nitrogen and oxygen atoms in total. The minimum absolute atomic E-state index is 0.296. The predicted octanol–water partition coefficient (Wildman–Crippen LogP) is 4.51. The Morgan fingerprint density at radius 2 is 2.12 bits per heavy atom. The van der Waals surface area contributed by atoms with Crippen LogP contribution in [-0.4, -0.2) is 20.9 Å². The van der Waals surface area contributed by atoms with Crippen molar-refractivity contribution >= 4 is 17.3 Å². The van der Waals surface area contributed by atoms with Gasteiger partial charge in [-0.05, 0) is 25.3 Å². The van der Waals surface area contributed by atoms with Crippen molar-refractivity contribution in [3.05, 3.63) is 59.4 Å². The van der Waals surface area contributed by atoms with Crippen molar-refractivity contribution in [2.24, 2.45) is 0 Å². The van der Waals surface area contributed by atoms with E-state index in [0.717, 1.165) is 54.0 Å². The number of allylic oxidation sites excluding steroid dienone is 3. The van der Waals surface area contributed by atoms with Gasteiger partial charge in [-0.2, -0.15) is 4.98 Å². The van der Waals surface area contributed by atoms with E-state index in [1.54, 1.807) is 11.8 Å². The Kier molecular flexibility index (Phi) is 5.20. The lowest BCUT2D eigenvalue weighted by Gasteiger charge is -2.20. The summed E-state index contributed by atoms with van der Waals surface area (Å²) in [5.41, 5.74) is 4.00. The fourth-order valence-corrected chi connectivity index (χ4v) is 3.91. The Morgan fingerprint density at radius 3 is 2.96 bits per heavy atom. The average Bonchev–Trinajstić information content (AvgIpc) is 2.85. The van der Waals surface area contributed by atoms with Gasteiger partial charge in [-0.1, -0.05) is 61.5 Å². The van der Waals surface area contributed by atoms with Gasteiger partial charge in [-0.3, -0.25) is 0 Å². The Balaban J connectivity index is 1.71. The number of nitrogens with zero attached hydrogens (tertiary/aromatic N) is 3. The van der Waals surface area contributed by atoms with E-state index >= 15 is 0 Å². The third-order valence-corrected chi connectivity index (χ3v) is 5.36. The van der Waals surface area contributed by atoms with Crippen LogP contribution in [0.4, 0.5) is 0 Å². The number of benzene rings is 1. The third kappa shape index (κ3) is 3.60. The van der Waals surface area contributed by atoms with Crippen LogP contribution in [-0.2, 0) is 0 Å². The van der Waals surface area contributed by atoms with Crippen LogP contribution in [0.1, 0.15) is 50.1 Å². The fourth-order valence-electron chi connectivity index (χ4n) is 3.05. The van der Waals surface area contributed by atoms with Crippen LogP contribution in [0.15, 0.2) is 53.3 Å². The van der Waals surface area contributed by atoms with Crippen molar-refractivity contribution in [1.82, 2.24) is 20.5 Å². The lowest BCUT2D eigenvalue weighted by molar-refractivity contribution is 0.172. The first-order valence-corrected chi connectivity index (χ1v) is 10.1. The molecular weight excluding hydrogens is 344 g/mol. The molecule has 2 aliphatic rings. The van der Waals surface area contributed by atoms with E-state index in [0.29, 0.717) is 11.0 Å². The monoisotopic (exact) mass is 366 g/mol. The molecule has 1 aliphatic carbocycles. The summed E-state index contributed by atoms with van der Waals surface area (Å²) >= 11 is 1.64. The van der Waals surface area contributed by atoms with E-state index < -0.39 is 0 Å². The van der Waals surface area contributed by atoms with Gasteiger partial charge >= 0.3 is 0 Å². The number of aromatic nitrogens is 3. The van der Waals surface area contributed by atoms with Crippen LogP contribution in [0.5, 0.6) is 5.88 Å². The molecule has 0 spiro atoms. The quantitative estimate of drug-likeness (QED) is 0.621. The molecule has 4 rings (SSSR count). The van der Waals surface area contributed by atoms with Crippen LogP contribution in [0.2, 0.25) is 0 Å². The lowest BCUT2D eigenvalue weighted by atomic mass is 9.99. The molecule has 6 heteroatoms. The summed E-state index contributed by atoms with van der Waals surface area (Å²) < 4.78 is 6.27. The molecule has 0 fully saturated rings. The molecule has 0 amide bonds. The Bertz CT molecular complexity index is 835. The second-order valence-electron chi connectivity index (χ2n) is 6.34. The molecule has 1 aromatic heterocycles. The normalized spacial score (nSPS) is 18.4. The highest BCUT2D eigenvalue weighted by Gasteiger charge is 2.27. The summed E-state index contributed by atoms with van der Waals surface area (Å²) in [4.78, 5) is 4.68. The molecule has 1 aromatic carbocycles. The molecule has 1 unspecified atom stereocenters. The van der Waals surface area contributed by atoms with Gasteiger partial charge in [0.05, 0.1) is 0 Å². The van der Waals surface area contributed by atoms with Crippen LogP contribution in [0.3, 0.4) is 0 Å². The summed E-state index contributed by atoms with van der Waals surface area (Å²) in [6.07, 6.45) is 8.19. The first-order chi connectivity index (χ1) is 12.8. The zero-order valence-corrected chi connectivity index (χ0v) is 15.6. The van der Waals surface area contributed by atoms with E-state index in [4.69, 9.17) is 4.74 Å². The first kappa shape index (κ1) is 17.1. The van der Waals surface area contributed by atoms with Gasteiger partial charge in [0, 0.05) is 22.6 Å². The number of rotatable bonds is 5. The number of hydrogen-bond acceptors (Lipinski definition) is 6. The summed E-state index contributed by atoms with van der Waals surface area (Å²) in [7, 11) is 0. The van der Waals surface area contributed by atoms with Crippen molar-refractivity contribution in [2.45, 2.75) is 44.0 Å². The van der Waals surface area contributed by atoms with Gasteiger partial charge in [0.25, 0.3) is 0 Å². The molecular formula is C20H22N4OS. The molecule has 0 radical (unpaired) electrons. The third-order valence-electron chi connectivity index (χ3n) is 4.44. The zero-order chi connectivity index (χ0) is 17.8. The Labute approximate surface area is 158 Å². The number of ether oxygens (including phenoxy) is 1. The maximum atomic E-state index is 6.27. The molecule has 26 heavy (non-hydrogen) atoms. The molecule has 0 saturated carbocycles. The lowest BCUT2D eigenvalue weighted by Crippen LogP contribution is -2.25. The van der Waals surface area contributed by atoms with Gasteiger partial charge in [-0.25, -0.2) is 0 Å². The molecule has 1 N–H and O–H groups in total. The number of thioether (sulfide) groups is 1. The Morgan fingerprint density at radius 1 is 1.23 bits per heavy atom. The topological polar surface area (TPSA) is 59.9 Å². The van der Waals surface area contributed by atoms with Gasteiger partial charge < -0.3 is 10.1 Å². The molecule has 2 heterocycles. The van der Waals surface area contributed by atoms with Crippen LogP contribution in [0.25, 0.3) is 5.57 Å². The maximum Gasteiger partial charge on any atom is 0.247 e. The second kappa shape index (κ2) is 7.91. The zero-order valence-electron chi connectivity index (χ0n) is 14.8. The molecule has 0 bridgehead atoms. The van der Waals surface area contributed by atoms with E-state index in [2.05, 4.69) is 51.7 Å². The van der Waals surface area contributed by atoms with E-state index in [1.807, 2.05) is 18.2 Å². The number of unbranched alkanes of at least 4 members (excludes halogenated alkanes) is 1. The van der Waals surface area contributed by atoms with E-state index in [9.17, 15) is 0 Å². The van der Waals surface area contributed by atoms with Gasteiger partial charge in [0.2, 0.25) is 11.0 Å². The number of fused-ring (bicyclic) bond motifs is 2. The van der Waals surface area contributed by atoms with E-state index in [-0.39, 0.29) is 6.23 Å². The van der Waals surface area contributed by atoms with Crippen LogP contribution in [0, 0.1) is 0 Å². The standard InChI is InChI=1S/C20H22N4OS/c1-2-3-13-26-20-22-19-17(23-24-20)15-11-7-8-12-16(15)21-18(25-19)14-9-5-4-6-10-14/h4-6,8-10,12,18,21H,2-3,7,11,13H2,1H3. The van der Waals surface area contributed by atoms with Crippen molar-refractivity contribution in [2.75, 3.05) is 5.75 Å². The van der Waals surface area contributed by atoms with Crippen molar-refractivity contribution in [1.29, 1.82) is 0 Å². The highest BCUT2D eigenvalue weighted by atomic mass is 32.2. The minimum Gasteiger partial charge on any atom is -0.448 e. The number of nitrogens with one attached hydrogen (secondary N) is 1. The van der Waals surface area contributed by atoms with Crippen LogP contribution >= 0.6 is 11.8 Å². The fraction of sp³-hybridized carbons (Fsp3) is 0.350. The van der Waals surface area contributed by atoms with Gasteiger partial charge in [-0.15, -0.1) is 10.2 Å². The van der Waals surface area contributed by atoms with Crippen molar-refractivity contribution < 1.29 is 4.74 Å². The molecule has 1 aliphatic heterocycles. The smallest absolute Gasteiger partial charge is 0.247 e. The predicted molar refractivity (Wildman–Crippen MR) is 104 cm³/mol. The molecule has 0 saturated heterocycles. The Hall–Kier alpha value is -2.34. The maximum absolute atomic E-state index is 6.27. The average molecular weight is 366 g/mol. The summed E-state index contributed by atoms with van der Waals surface area (Å²) in [6, 6.07) is 10.2. The van der Waals surface area contributed by atoms with Crippen LogP contribution < -0.4 is 10.1 Å². The number of hydrogen-bond donors (Lipinski definition) is 1. The van der Waals surface area contributed by atoms with E-state index in [1.165, 1.54) is 0 Å². The summed E-state index contributed by atoms with van der Waals surface area (Å²) in [6.45, 7) is 2.18. The van der Waals surface area contributed by atoms with Crippen molar-refractivity contribution in [3.63, 3.8) is 0 Å². The molecule has 134 valence electrons. The van der Waals surface area contributed by atoms with Gasteiger partial charge in [0.1, 0.15) is 0 Å². The first-order valence-electron chi connectivity index (χ1n) is 9.11. The largest absolute Gasteiger partial charge is 0.448 e. The summed E-state index contributed by atoms with van der Waals surface area (Å²) in [5.74, 6) is 1.56. The highest BCUT2D eigenvalue weighted by molar-refractivity contribution is 7.99. The minimum atomic E-state index is -0.296.